The molecule has 0 radical (unpaired) electrons. The lowest BCUT2D eigenvalue weighted by Gasteiger charge is -2.36. The van der Waals surface area contributed by atoms with Crippen LogP contribution in [0.3, 0.4) is 0 Å². The Labute approximate surface area is 93.0 Å². The molecule has 2 heterocycles. The van der Waals surface area contributed by atoms with Crippen molar-refractivity contribution in [3.63, 3.8) is 0 Å². The van der Waals surface area contributed by atoms with Gasteiger partial charge in [-0.05, 0) is 52.1 Å². The maximum Gasteiger partial charge on any atom is 0.0483 e. The van der Waals surface area contributed by atoms with Gasteiger partial charge in [0.05, 0.1) is 0 Å². The molecule has 2 unspecified atom stereocenters. The first-order valence-electron chi connectivity index (χ1n) is 6.26. The van der Waals surface area contributed by atoms with E-state index < -0.39 is 0 Å². The molecular formula is C12H24N2O. The first-order chi connectivity index (χ1) is 7.20. The van der Waals surface area contributed by atoms with Crippen LogP contribution >= 0.6 is 0 Å². The third-order valence-electron chi connectivity index (χ3n) is 4.08. The normalized spacial score (nSPS) is 35.6. The van der Waals surface area contributed by atoms with E-state index in [9.17, 15) is 0 Å². The van der Waals surface area contributed by atoms with Gasteiger partial charge in [-0.2, -0.15) is 0 Å². The molecule has 0 aromatic heterocycles. The molecule has 0 aromatic carbocycles. The van der Waals surface area contributed by atoms with Gasteiger partial charge in [-0.1, -0.05) is 0 Å². The summed E-state index contributed by atoms with van der Waals surface area (Å²) in [5, 5.41) is 7.26. The summed E-state index contributed by atoms with van der Waals surface area (Å²) in [5.41, 5.74) is 0.320. The van der Waals surface area contributed by atoms with Crippen molar-refractivity contribution in [3.8, 4) is 0 Å². The third kappa shape index (κ3) is 2.92. The Morgan fingerprint density at radius 3 is 2.73 bits per heavy atom. The Morgan fingerprint density at radius 1 is 1.40 bits per heavy atom. The standard InChI is InChI=1S/C12H24N2O/c1-10-11(3-6-13-10)9-14-12(2)4-7-15-8-5-12/h10-11,13-14H,3-9H2,1-2H3. The Bertz CT molecular complexity index is 202. The Balaban J connectivity index is 1.76. The van der Waals surface area contributed by atoms with Crippen molar-refractivity contribution in [2.24, 2.45) is 5.92 Å². The van der Waals surface area contributed by atoms with E-state index in [1.54, 1.807) is 0 Å². The molecule has 3 heteroatoms. The van der Waals surface area contributed by atoms with Gasteiger partial charge in [-0.25, -0.2) is 0 Å². The molecule has 2 fully saturated rings. The van der Waals surface area contributed by atoms with Gasteiger partial charge in [0.2, 0.25) is 0 Å². The monoisotopic (exact) mass is 212 g/mol. The van der Waals surface area contributed by atoms with Gasteiger partial charge in [0.25, 0.3) is 0 Å². The molecule has 0 amide bonds. The molecule has 88 valence electrons. The molecule has 2 rings (SSSR count). The van der Waals surface area contributed by atoms with Crippen molar-refractivity contribution in [2.75, 3.05) is 26.3 Å². The molecule has 2 aliphatic heterocycles. The fourth-order valence-electron chi connectivity index (χ4n) is 2.57. The lowest BCUT2D eigenvalue weighted by molar-refractivity contribution is 0.0436. The smallest absolute Gasteiger partial charge is 0.0483 e. The van der Waals surface area contributed by atoms with E-state index in [2.05, 4.69) is 24.5 Å². The highest BCUT2D eigenvalue weighted by atomic mass is 16.5. The summed E-state index contributed by atoms with van der Waals surface area (Å²) >= 11 is 0. The van der Waals surface area contributed by atoms with Crippen LogP contribution in [0.4, 0.5) is 0 Å². The topological polar surface area (TPSA) is 33.3 Å². The highest BCUT2D eigenvalue weighted by molar-refractivity contribution is 4.89. The summed E-state index contributed by atoms with van der Waals surface area (Å²) in [7, 11) is 0. The minimum Gasteiger partial charge on any atom is -0.381 e. The predicted molar refractivity (Wildman–Crippen MR) is 62.0 cm³/mol. The number of rotatable bonds is 3. The van der Waals surface area contributed by atoms with E-state index in [1.807, 2.05) is 0 Å². The molecular weight excluding hydrogens is 188 g/mol. The number of hydrogen-bond acceptors (Lipinski definition) is 3. The third-order valence-corrected chi connectivity index (χ3v) is 4.08. The summed E-state index contributed by atoms with van der Waals surface area (Å²) in [6, 6.07) is 0.681. The van der Waals surface area contributed by atoms with E-state index >= 15 is 0 Å². The fourth-order valence-corrected chi connectivity index (χ4v) is 2.57. The van der Waals surface area contributed by atoms with E-state index in [4.69, 9.17) is 4.74 Å². The molecule has 0 spiro atoms. The van der Waals surface area contributed by atoms with E-state index in [1.165, 1.54) is 13.0 Å². The highest BCUT2D eigenvalue weighted by Gasteiger charge is 2.29. The summed E-state index contributed by atoms with van der Waals surface area (Å²) in [4.78, 5) is 0. The second-order valence-corrected chi connectivity index (χ2v) is 5.35. The zero-order valence-electron chi connectivity index (χ0n) is 10.0. The van der Waals surface area contributed by atoms with Crippen LogP contribution in [0.15, 0.2) is 0 Å². The number of ether oxygens (including phenoxy) is 1. The van der Waals surface area contributed by atoms with Crippen LogP contribution in [0.2, 0.25) is 0 Å². The summed E-state index contributed by atoms with van der Waals surface area (Å²) < 4.78 is 5.41. The van der Waals surface area contributed by atoms with Gasteiger partial charge in [0.15, 0.2) is 0 Å². The summed E-state index contributed by atoms with van der Waals surface area (Å²) in [5.74, 6) is 0.810. The molecule has 15 heavy (non-hydrogen) atoms. The molecule has 2 atom stereocenters. The van der Waals surface area contributed by atoms with Crippen molar-refractivity contribution in [1.82, 2.24) is 10.6 Å². The maximum absolute atomic E-state index is 5.41. The van der Waals surface area contributed by atoms with Crippen molar-refractivity contribution < 1.29 is 4.74 Å². The fraction of sp³-hybridized carbons (Fsp3) is 1.00. The SMILES string of the molecule is CC1NCCC1CNC1(C)CCOCC1. The van der Waals surface area contributed by atoms with E-state index in [0.29, 0.717) is 11.6 Å². The predicted octanol–water partition coefficient (Wildman–Crippen LogP) is 1.14. The molecule has 2 aliphatic rings. The van der Waals surface area contributed by atoms with Gasteiger partial charge >= 0.3 is 0 Å². The molecule has 0 aliphatic carbocycles. The average molecular weight is 212 g/mol. The van der Waals surface area contributed by atoms with Crippen molar-refractivity contribution in [1.29, 1.82) is 0 Å². The van der Waals surface area contributed by atoms with Crippen LogP contribution in [0.1, 0.15) is 33.1 Å². The van der Waals surface area contributed by atoms with Crippen molar-refractivity contribution >= 4 is 0 Å². The van der Waals surface area contributed by atoms with Gasteiger partial charge in [-0.3, -0.25) is 0 Å². The van der Waals surface area contributed by atoms with Gasteiger partial charge in [-0.15, -0.1) is 0 Å². The molecule has 3 nitrogen and oxygen atoms in total. The van der Waals surface area contributed by atoms with Crippen LogP contribution in [0, 0.1) is 5.92 Å². The quantitative estimate of drug-likeness (QED) is 0.736. The molecule has 0 saturated carbocycles. The minimum atomic E-state index is 0.320. The van der Waals surface area contributed by atoms with Crippen LogP contribution < -0.4 is 10.6 Å². The second-order valence-electron chi connectivity index (χ2n) is 5.35. The average Bonchev–Trinajstić information content (AvgIpc) is 2.62. The van der Waals surface area contributed by atoms with Gasteiger partial charge in [0, 0.05) is 24.8 Å². The molecule has 2 saturated heterocycles. The zero-order chi connectivity index (χ0) is 10.7. The molecule has 0 bridgehead atoms. The van der Waals surface area contributed by atoms with Crippen molar-refractivity contribution in [3.05, 3.63) is 0 Å². The minimum absolute atomic E-state index is 0.320. The molecule has 2 N–H and O–H groups in total. The first-order valence-corrected chi connectivity index (χ1v) is 6.26. The van der Waals surface area contributed by atoms with Gasteiger partial charge < -0.3 is 15.4 Å². The van der Waals surface area contributed by atoms with Gasteiger partial charge in [0.1, 0.15) is 0 Å². The largest absolute Gasteiger partial charge is 0.381 e. The highest BCUT2D eigenvalue weighted by Crippen LogP contribution is 2.21. The van der Waals surface area contributed by atoms with Crippen LogP contribution in [-0.2, 0) is 4.74 Å². The molecule has 0 aromatic rings. The van der Waals surface area contributed by atoms with Crippen LogP contribution in [-0.4, -0.2) is 37.9 Å². The summed E-state index contributed by atoms with van der Waals surface area (Å²) in [6.07, 6.45) is 3.63. The first kappa shape index (κ1) is 11.4. The zero-order valence-corrected chi connectivity index (χ0v) is 10.0. The number of hydrogen-bond donors (Lipinski definition) is 2. The Morgan fingerprint density at radius 2 is 2.13 bits per heavy atom. The lowest BCUT2D eigenvalue weighted by Crippen LogP contribution is -2.49. The van der Waals surface area contributed by atoms with E-state index in [0.717, 1.165) is 38.5 Å². The Kier molecular flexibility index (Phi) is 3.65. The van der Waals surface area contributed by atoms with E-state index in [-0.39, 0.29) is 0 Å². The van der Waals surface area contributed by atoms with Crippen LogP contribution in [0.25, 0.3) is 0 Å². The Hall–Kier alpha value is -0.120. The van der Waals surface area contributed by atoms with Crippen LogP contribution in [0.5, 0.6) is 0 Å². The second kappa shape index (κ2) is 4.81. The maximum atomic E-state index is 5.41. The summed E-state index contributed by atoms with van der Waals surface area (Å²) in [6.45, 7) is 8.82. The lowest BCUT2D eigenvalue weighted by atomic mass is 9.91. The number of nitrogens with one attached hydrogen (secondary N) is 2. The van der Waals surface area contributed by atoms with Crippen molar-refractivity contribution in [2.45, 2.75) is 44.7 Å².